The topological polar surface area (TPSA) is 85.7 Å². The first-order chi connectivity index (χ1) is 20.7. The first-order valence-corrected chi connectivity index (χ1v) is 14.7. The van der Waals surface area contributed by atoms with E-state index in [1.165, 1.54) is 7.11 Å². The fraction of sp³-hybridized carbons (Fsp3) is 0.343. The summed E-state index contributed by atoms with van der Waals surface area (Å²) >= 11 is 0. The van der Waals surface area contributed by atoms with Crippen LogP contribution in [0.1, 0.15) is 49.6 Å². The number of benzene rings is 3. The normalized spacial score (nSPS) is 16.4. The molecule has 1 aliphatic heterocycles. The highest BCUT2D eigenvalue weighted by molar-refractivity contribution is 5.76. The molecule has 0 saturated carbocycles. The first kappa shape index (κ1) is 30.0. The SMILES string of the molecule is COC(=O)[C@@H](Cc1cn(C(c2ccccc2)(c2ccccc2)c2ccccc2)cn1)N1CC[C@H](NC(=O)OC(C)(C)C)C1. The predicted molar refractivity (Wildman–Crippen MR) is 166 cm³/mol. The molecule has 1 saturated heterocycles. The molecule has 5 rings (SSSR count). The molecule has 224 valence electrons. The summed E-state index contributed by atoms with van der Waals surface area (Å²) in [5.74, 6) is -0.326. The lowest BCUT2D eigenvalue weighted by molar-refractivity contribution is -0.146. The minimum Gasteiger partial charge on any atom is -0.468 e. The number of carbonyl (C=O) groups excluding carboxylic acids is 2. The average Bonchev–Trinajstić information content (AvgIpc) is 3.67. The van der Waals surface area contributed by atoms with Crippen molar-refractivity contribution in [3.63, 3.8) is 0 Å². The third-order valence-corrected chi connectivity index (χ3v) is 7.86. The summed E-state index contributed by atoms with van der Waals surface area (Å²) in [4.78, 5) is 32.3. The fourth-order valence-electron chi connectivity index (χ4n) is 6.00. The van der Waals surface area contributed by atoms with Gasteiger partial charge < -0.3 is 19.4 Å². The number of alkyl carbamates (subject to hydrolysis) is 1. The zero-order chi connectivity index (χ0) is 30.5. The summed E-state index contributed by atoms with van der Waals surface area (Å²) < 4.78 is 12.8. The molecule has 0 aliphatic carbocycles. The fourth-order valence-corrected chi connectivity index (χ4v) is 6.00. The molecule has 1 aliphatic rings. The summed E-state index contributed by atoms with van der Waals surface area (Å²) in [5, 5.41) is 2.94. The molecule has 3 aromatic carbocycles. The molecule has 8 heteroatoms. The Labute approximate surface area is 253 Å². The van der Waals surface area contributed by atoms with Gasteiger partial charge in [0.1, 0.15) is 17.2 Å². The quantitative estimate of drug-likeness (QED) is 0.211. The molecule has 0 bridgehead atoms. The predicted octanol–water partition coefficient (Wildman–Crippen LogP) is 5.41. The number of methoxy groups -OCH3 is 1. The minimum absolute atomic E-state index is 0.124. The van der Waals surface area contributed by atoms with Gasteiger partial charge in [0, 0.05) is 31.7 Å². The van der Waals surface area contributed by atoms with Crippen molar-refractivity contribution in [2.24, 2.45) is 0 Å². The Morgan fingerprint density at radius 2 is 1.44 bits per heavy atom. The highest BCUT2D eigenvalue weighted by Crippen LogP contribution is 2.40. The van der Waals surface area contributed by atoms with Crippen LogP contribution in [-0.4, -0.2) is 64.4 Å². The minimum atomic E-state index is -0.689. The number of carbonyl (C=O) groups is 2. The smallest absolute Gasteiger partial charge is 0.407 e. The Balaban J connectivity index is 1.47. The Bertz CT molecular complexity index is 1400. The molecule has 0 radical (unpaired) electrons. The Hall–Kier alpha value is -4.43. The van der Waals surface area contributed by atoms with Crippen LogP contribution in [0.25, 0.3) is 0 Å². The summed E-state index contributed by atoms with van der Waals surface area (Å²) in [5.41, 5.74) is 2.78. The number of likely N-dealkylation sites (tertiary alicyclic amines) is 1. The number of amides is 1. The van der Waals surface area contributed by atoms with Gasteiger partial charge in [0.2, 0.25) is 0 Å². The molecule has 1 N–H and O–H groups in total. The van der Waals surface area contributed by atoms with E-state index in [1.54, 1.807) is 0 Å². The van der Waals surface area contributed by atoms with Gasteiger partial charge in [-0.15, -0.1) is 0 Å². The van der Waals surface area contributed by atoms with Crippen LogP contribution in [0.4, 0.5) is 4.79 Å². The third kappa shape index (κ3) is 6.65. The molecule has 1 aromatic heterocycles. The molecular weight excluding hydrogens is 540 g/mol. The van der Waals surface area contributed by atoms with Gasteiger partial charge in [0.25, 0.3) is 0 Å². The first-order valence-electron chi connectivity index (χ1n) is 14.7. The summed E-state index contributed by atoms with van der Waals surface area (Å²) in [6.07, 6.45) is 4.52. The van der Waals surface area contributed by atoms with Gasteiger partial charge in [-0.1, -0.05) is 91.0 Å². The third-order valence-electron chi connectivity index (χ3n) is 7.86. The van der Waals surface area contributed by atoms with Crippen molar-refractivity contribution in [1.29, 1.82) is 0 Å². The maximum atomic E-state index is 13.1. The van der Waals surface area contributed by atoms with E-state index < -0.39 is 23.3 Å². The molecule has 8 nitrogen and oxygen atoms in total. The molecule has 43 heavy (non-hydrogen) atoms. The second-order valence-electron chi connectivity index (χ2n) is 12.0. The zero-order valence-corrected chi connectivity index (χ0v) is 25.3. The van der Waals surface area contributed by atoms with Crippen LogP contribution in [0.5, 0.6) is 0 Å². The number of imidazole rings is 1. The molecule has 0 spiro atoms. The lowest BCUT2D eigenvalue weighted by Gasteiger charge is -2.37. The molecule has 1 amide bonds. The number of nitrogens with zero attached hydrogens (tertiary/aromatic N) is 3. The summed E-state index contributed by atoms with van der Waals surface area (Å²) in [7, 11) is 1.41. The van der Waals surface area contributed by atoms with Crippen molar-refractivity contribution in [3.8, 4) is 0 Å². The van der Waals surface area contributed by atoms with Gasteiger partial charge in [0.05, 0.1) is 19.1 Å². The van der Waals surface area contributed by atoms with Crippen molar-refractivity contribution < 1.29 is 19.1 Å². The molecule has 2 heterocycles. The Morgan fingerprint density at radius 1 is 0.907 bits per heavy atom. The zero-order valence-electron chi connectivity index (χ0n) is 25.3. The standard InChI is InChI=1S/C35H40N4O4/c1-34(2,3)43-33(41)37-29-20-21-38(23-29)31(32(40)42-4)22-30-24-39(25-36-30)35(26-14-8-5-9-15-26,27-16-10-6-11-17-27)28-18-12-7-13-19-28/h5-19,24-25,29,31H,20-23H2,1-4H3,(H,37,41)/t29-,31+/m0/s1. The summed E-state index contributed by atoms with van der Waals surface area (Å²) in [6.45, 7) is 6.66. The molecule has 1 fully saturated rings. The van der Waals surface area contributed by atoms with Crippen LogP contribution >= 0.6 is 0 Å². The molecule has 2 atom stereocenters. The van der Waals surface area contributed by atoms with Crippen LogP contribution in [0.2, 0.25) is 0 Å². The number of rotatable bonds is 9. The highest BCUT2D eigenvalue weighted by atomic mass is 16.6. The maximum absolute atomic E-state index is 13.1. The molecule has 0 unspecified atom stereocenters. The van der Waals surface area contributed by atoms with E-state index in [2.05, 4.69) is 87.6 Å². The highest BCUT2D eigenvalue weighted by Gasteiger charge is 2.39. The van der Waals surface area contributed by atoms with Crippen molar-refractivity contribution >= 4 is 12.1 Å². The number of ether oxygens (including phenoxy) is 2. The van der Waals surface area contributed by atoms with Gasteiger partial charge in [-0.25, -0.2) is 9.78 Å². The van der Waals surface area contributed by atoms with Gasteiger partial charge in [-0.05, 0) is 43.9 Å². The molecular formula is C35H40N4O4. The van der Waals surface area contributed by atoms with Crippen LogP contribution in [-0.2, 0) is 26.2 Å². The number of hydrogen-bond donors (Lipinski definition) is 1. The maximum Gasteiger partial charge on any atom is 0.407 e. The van der Waals surface area contributed by atoms with E-state index in [0.717, 1.165) is 22.4 Å². The van der Waals surface area contributed by atoms with Crippen molar-refractivity contribution in [1.82, 2.24) is 19.8 Å². The van der Waals surface area contributed by atoms with Gasteiger partial charge >= 0.3 is 12.1 Å². The van der Waals surface area contributed by atoms with E-state index in [4.69, 9.17) is 14.5 Å². The van der Waals surface area contributed by atoms with Crippen LogP contribution in [0, 0.1) is 0 Å². The van der Waals surface area contributed by atoms with Crippen molar-refractivity contribution in [2.45, 2.75) is 56.8 Å². The second-order valence-corrected chi connectivity index (χ2v) is 12.0. The van der Waals surface area contributed by atoms with E-state index in [-0.39, 0.29) is 12.0 Å². The van der Waals surface area contributed by atoms with Gasteiger partial charge in [-0.3, -0.25) is 9.69 Å². The summed E-state index contributed by atoms with van der Waals surface area (Å²) in [6, 6.07) is 30.5. The number of aromatic nitrogens is 2. The van der Waals surface area contributed by atoms with Crippen LogP contribution in [0.3, 0.4) is 0 Å². The number of esters is 1. The Kier molecular flexibility index (Phi) is 8.97. The number of hydrogen-bond acceptors (Lipinski definition) is 6. The second kappa shape index (κ2) is 12.8. The van der Waals surface area contributed by atoms with E-state index >= 15 is 0 Å². The van der Waals surface area contributed by atoms with Gasteiger partial charge in [0.15, 0.2) is 0 Å². The lowest BCUT2D eigenvalue weighted by atomic mass is 9.77. The average molecular weight is 581 g/mol. The lowest BCUT2D eigenvalue weighted by Crippen LogP contribution is -2.45. The van der Waals surface area contributed by atoms with Crippen LogP contribution < -0.4 is 5.32 Å². The van der Waals surface area contributed by atoms with E-state index in [9.17, 15) is 9.59 Å². The number of nitrogens with one attached hydrogen (secondary N) is 1. The largest absolute Gasteiger partial charge is 0.468 e. The van der Waals surface area contributed by atoms with E-state index in [1.807, 2.05) is 51.5 Å². The monoisotopic (exact) mass is 580 g/mol. The van der Waals surface area contributed by atoms with Crippen LogP contribution in [0.15, 0.2) is 104 Å². The van der Waals surface area contributed by atoms with Gasteiger partial charge in [-0.2, -0.15) is 0 Å². The van der Waals surface area contributed by atoms with Crippen molar-refractivity contribution in [2.75, 3.05) is 20.2 Å². The molecule has 4 aromatic rings. The van der Waals surface area contributed by atoms with Crippen molar-refractivity contribution in [3.05, 3.63) is 126 Å². The Morgan fingerprint density at radius 3 is 1.93 bits per heavy atom. The van der Waals surface area contributed by atoms with E-state index in [0.29, 0.717) is 25.9 Å².